The first-order valence-corrected chi connectivity index (χ1v) is 9.61. The van der Waals surface area contributed by atoms with E-state index in [1.807, 2.05) is 25.3 Å². The molecule has 2 fully saturated rings. The van der Waals surface area contributed by atoms with Crippen LogP contribution in [-0.2, 0) is 0 Å². The molecule has 5 rings (SSSR count). The number of amides is 2. The van der Waals surface area contributed by atoms with Crippen LogP contribution < -0.4 is 10.2 Å². The average Bonchev–Trinajstić information content (AvgIpc) is 3.26. The number of hydrogen-bond donors (Lipinski definition) is 1. The fourth-order valence-corrected chi connectivity index (χ4v) is 3.38. The third-order valence-electron chi connectivity index (χ3n) is 5.24. The maximum atomic E-state index is 12.6. The third-order valence-corrected chi connectivity index (χ3v) is 5.24. The van der Waals surface area contributed by atoms with E-state index in [4.69, 9.17) is 4.52 Å². The van der Waals surface area contributed by atoms with Crippen LogP contribution in [0.25, 0.3) is 5.65 Å². The molecule has 0 spiro atoms. The van der Waals surface area contributed by atoms with Gasteiger partial charge in [-0.15, -0.1) is 5.10 Å². The molecule has 1 saturated carbocycles. The highest BCUT2D eigenvalue weighted by molar-refractivity contribution is 5.75. The van der Waals surface area contributed by atoms with Gasteiger partial charge in [0, 0.05) is 44.5 Å². The molecular weight excluding hydrogens is 360 g/mol. The van der Waals surface area contributed by atoms with Gasteiger partial charge in [-0.05, 0) is 31.9 Å². The summed E-state index contributed by atoms with van der Waals surface area (Å²) < 4.78 is 7.06. The number of urea groups is 1. The number of anilines is 1. The SMILES string of the molecule is C[C@@H](NC(=O)N1CCN(c2ccc3nccn3n2)CC1)c1nc(C2CC2)no1. The van der Waals surface area contributed by atoms with Gasteiger partial charge in [-0.2, -0.15) is 4.98 Å². The highest BCUT2D eigenvalue weighted by atomic mass is 16.5. The Kier molecular flexibility index (Phi) is 4.10. The third kappa shape index (κ3) is 3.25. The molecule has 2 aliphatic rings. The number of carbonyl (C=O) groups excluding carboxylic acids is 1. The van der Waals surface area contributed by atoms with Crippen molar-refractivity contribution in [3.05, 3.63) is 36.2 Å². The maximum Gasteiger partial charge on any atom is 0.318 e. The number of piperazine rings is 1. The van der Waals surface area contributed by atoms with Gasteiger partial charge in [-0.1, -0.05) is 5.16 Å². The van der Waals surface area contributed by atoms with Crippen molar-refractivity contribution in [2.75, 3.05) is 31.1 Å². The molecule has 1 atom stereocenters. The molecule has 2 amide bonds. The zero-order chi connectivity index (χ0) is 19.1. The van der Waals surface area contributed by atoms with Crippen LogP contribution in [0.2, 0.25) is 0 Å². The summed E-state index contributed by atoms with van der Waals surface area (Å²) in [6.07, 6.45) is 5.79. The molecule has 0 aromatic carbocycles. The zero-order valence-electron chi connectivity index (χ0n) is 15.7. The molecule has 28 heavy (non-hydrogen) atoms. The topological polar surface area (TPSA) is 105 Å². The average molecular weight is 382 g/mol. The monoisotopic (exact) mass is 382 g/mol. The Labute approximate surface area is 161 Å². The summed E-state index contributed by atoms with van der Waals surface area (Å²) in [5, 5.41) is 11.5. The van der Waals surface area contributed by atoms with Gasteiger partial charge >= 0.3 is 6.03 Å². The summed E-state index contributed by atoms with van der Waals surface area (Å²) in [5.74, 6) is 2.54. The summed E-state index contributed by atoms with van der Waals surface area (Å²) in [5.41, 5.74) is 0.821. The fraction of sp³-hybridized carbons (Fsp3) is 0.500. The van der Waals surface area contributed by atoms with Crippen molar-refractivity contribution in [1.82, 2.24) is 35.0 Å². The Bertz CT molecular complexity index is 986. The molecular formula is C18H22N8O2. The molecule has 4 heterocycles. The quantitative estimate of drug-likeness (QED) is 0.730. The smallest absolute Gasteiger partial charge is 0.318 e. The molecule has 10 nitrogen and oxygen atoms in total. The molecule has 146 valence electrons. The lowest BCUT2D eigenvalue weighted by Crippen LogP contribution is -2.52. The van der Waals surface area contributed by atoms with E-state index in [-0.39, 0.29) is 12.1 Å². The second-order valence-electron chi connectivity index (χ2n) is 7.33. The van der Waals surface area contributed by atoms with Crippen LogP contribution in [0.15, 0.2) is 29.0 Å². The summed E-state index contributed by atoms with van der Waals surface area (Å²) in [7, 11) is 0. The van der Waals surface area contributed by atoms with Crippen LogP contribution in [0.4, 0.5) is 10.6 Å². The molecule has 1 saturated heterocycles. The van der Waals surface area contributed by atoms with Gasteiger partial charge in [-0.25, -0.2) is 14.3 Å². The van der Waals surface area contributed by atoms with Crippen LogP contribution in [0.1, 0.15) is 43.4 Å². The van der Waals surface area contributed by atoms with Crippen molar-refractivity contribution < 1.29 is 9.32 Å². The maximum absolute atomic E-state index is 12.6. The molecule has 0 unspecified atom stereocenters. The van der Waals surface area contributed by atoms with Crippen LogP contribution in [0, 0.1) is 0 Å². The first-order chi connectivity index (χ1) is 13.7. The standard InChI is InChI=1S/C18H22N8O2/c1-12(17-21-16(23-28-17)13-2-3-13)20-18(27)25-10-8-24(9-11-25)15-5-4-14-19-6-7-26(14)22-15/h4-7,12-13H,2-3,8-11H2,1H3,(H,20,27)/t12-/m1/s1. The predicted octanol–water partition coefficient (Wildman–Crippen LogP) is 1.58. The number of nitrogens with zero attached hydrogens (tertiary/aromatic N) is 7. The number of aromatic nitrogens is 5. The minimum atomic E-state index is -0.309. The van der Waals surface area contributed by atoms with E-state index in [9.17, 15) is 4.79 Å². The van der Waals surface area contributed by atoms with Crippen LogP contribution in [-0.4, -0.2) is 61.8 Å². The van der Waals surface area contributed by atoms with Crippen LogP contribution in [0.3, 0.4) is 0 Å². The molecule has 1 N–H and O–H groups in total. The highest BCUT2D eigenvalue weighted by Crippen LogP contribution is 2.38. The first-order valence-electron chi connectivity index (χ1n) is 9.61. The molecule has 1 aliphatic heterocycles. The van der Waals surface area contributed by atoms with Crippen molar-refractivity contribution >= 4 is 17.5 Å². The fourth-order valence-electron chi connectivity index (χ4n) is 3.38. The van der Waals surface area contributed by atoms with Gasteiger partial charge in [0.25, 0.3) is 0 Å². The summed E-state index contributed by atoms with van der Waals surface area (Å²) in [6, 6.07) is 3.49. The summed E-state index contributed by atoms with van der Waals surface area (Å²) in [4.78, 5) is 25.2. The largest absolute Gasteiger partial charge is 0.352 e. The van der Waals surface area contributed by atoms with Crippen molar-refractivity contribution in [2.45, 2.75) is 31.7 Å². The minimum absolute atomic E-state index is 0.114. The van der Waals surface area contributed by atoms with E-state index in [0.29, 0.717) is 24.9 Å². The number of imidazole rings is 1. The van der Waals surface area contributed by atoms with Gasteiger partial charge in [0.05, 0.1) is 0 Å². The Morgan fingerprint density at radius 3 is 2.86 bits per heavy atom. The van der Waals surface area contributed by atoms with Crippen molar-refractivity contribution in [1.29, 1.82) is 0 Å². The van der Waals surface area contributed by atoms with E-state index < -0.39 is 0 Å². The van der Waals surface area contributed by atoms with Gasteiger partial charge in [0.15, 0.2) is 11.5 Å². The summed E-state index contributed by atoms with van der Waals surface area (Å²) >= 11 is 0. The second kappa shape index (κ2) is 6.77. The van der Waals surface area contributed by atoms with E-state index in [0.717, 1.165) is 43.2 Å². The molecule has 1 aliphatic carbocycles. The first kappa shape index (κ1) is 17.0. The lowest BCUT2D eigenvalue weighted by atomic mass is 10.3. The number of hydrogen-bond acceptors (Lipinski definition) is 7. The van der Waals surface area contributed by atoms with Crippen LogP contribution >= 0.6 is 0 Å². The molecule has 3 aromatic rings. The highest BCUT2D eigenvalue weighted by Gasteiger charge is 2.30. The van der Waals surface area contributed by atoms with E-state index in [2.05, 4.69) is 30.4 Å². The van der Waals surface area contributed by atoms with Gasteiger partial charge < -0.3 is 19.6 Å². The van der Waals surface area contributed by atoms with Crippen LogP contribution in [0.5, 0.6) is 0 Å². The van der Waals surface area contributed by atoms with Crippen molar-refractivity contribution in [3.8, 4) is 0 Å². The Balaban J connectivity index is 1.17. The van der Waals surface area contributed by atoms with Gasteiger partial charge in [-0.3, -0.25) is 0 Å². The summed E-state index contributed by atoms with van der Waals surface area (Å²) in [6.45, 7) is 4.56. The lowest BCUT2D eigenvalue weighted by Gasteiger charge is -2.35. The second-order valence-corrected chi connectivity index (χ2v) is 7.33. The Morgan fingerprint density at radius 2 is 2.07 bits per heavy atom. The number of rotatable bonds is 4. The lowest BCUT2D eigenvalue weighted by molar-refractivity contribution is 0.188. The van der Waals surface area contributed by atoms with Crippen molar-refractivity contribution in [2.24, 2.45) is 0 Å². The Hall–Kier alpha value is -3.17. The molecule has 0 radical (unpaired) electrons. The van der Waals surface area contributed by atoms with Gasteiger partial charge in [0.1, 0.15) is 11.9 Å². The van der Waals surface area contributed by atoms with E-state index in [1.165, 1.54) is 0 Å². The minimum Gasteiger partial charge on any atom is -0.352 e. The zero-order valence-corrected chi connectivity index (χ0v) is 15.7. The normalized spacial score (nSPS) is 18.5. The molecule has 10 heteroatoms. The Morgan fingerprint density at radius 1 is 1.25 bits per heavy atom. The van der Waals surface area contributed by atoms with E-state index >= 15 is 0 Å². The van der Waals surface area contributed by atoms with Crippen molar-refractivity contribution in [3.63, 3.8) is 0 Å². The van der Waals surface area contributed by atoms with Gasteiger partial charge in [0.2, 0.25) is 5.89 Å². The molecule has 3 aromatic heterocycles. The number of fused-ring (bicyclic) bond motifs is 1. The number of carbonyl (C=O) groups is 1. The van der Waals surface area contributed by atoms with E-state index in [1.54, 1.807) is 15.6 Å². The predicted molar refractivity (Wildman–Crippen MR) is 100.0 cm³/mol. The molecule has 0 bridgehead atoms. The number of nitrogens with one attached hydrogen (secondary N) is 1.